The molecule has 1 unspecified atom stereocenters. The Bertz CT molecular complexity index is 482. The minimum Gasteiger partial charge on any atom is -0.349 e. The van der Waals surface area contributed by atoms with Gasteiger partial charge in [-0.15, -0.1) is 0 Å². The van der Waals surface area contributed by atoms with Gasteiger partial charge in [-0.25, -0.2) is 9.37 Å². The van der Waals surface area contributed by atoms with E-state index in [0.29, 0.717) is 0 Å². The summed E-state index contributed by atoms with van der Waals surface area (Å²) < 4.78 is 13.2. The molecule has 102 valence electrons. The van der Waals surface area contributed by atoms with Crippen LogP contribution in [0, 0.1) is 5.82 Å². The van der Waals surface area contributed by atoms with Crippen LogP contribution in [0.5, 0.6) is 0 Å². The first kappa shape index (κ1) is 13.7. The van der Waals surface area contributed by atoms with Crippen LogP contribution in [0.15, 0.2) is 36.7 Å². The Morgan fingerprint density at radius 1 is 1.42 bits per heavy atom. The molecule has 0 aliphatic carbocycles. The van der Waals surface area contributed by atoms with Crippen molar-refractivity contribution in [2.75, 3.05) is 6.54 Å². The van der Waals surface area contributed by atoms with Gasteiger partial charge in [-0.3, -0.25) is 0 Å². The fourth-order valence-electron chi connectivity index (χ4n) is 2.19. The van der Waals surface area contributed by atoms with Crippen molar-refractivity contribution >= 4 is 0 Å². The predicted molar refractivity (Wildman–Crippen MR) is 74.3 cm³/mol. The molecule has 2 N–H and O–H groups in total. The molecular formula is C15H20FN3. The van der Waals surface area contributed by atoms with Gasteiger partial charge in [-0.1, -0.05) is 19.1 Å². The Morgan fingerprint density at radius 3 is 3.00 bits per heavy atom. The van der Waals surface area contributed by atoms with Gasteiger partial charge in [-0.05, 0) is 37.1 Å². The maximum absolute atomic E-state index is 13.2. The first-order valence-electron chi connectivity index (χ1n) is 6.76. The molecule has 1 aromatic heterocycles. The zero-order chi connectivity index (χ0) is 13.5. The van der Waals surface area contributed by atoms with Gasteiger partial charge < -0.3 is 10.3 Å². The summed E-state index contributed by atoms with van der Waals surface area (Å²) in [4.78, 5) is 7.28. The molecule has 0 saturated heterocycles. The summed E-state index contributed by atoms with van der Waals surface area (Å²) in [5.74, 6) is 0.842. The molecule has 3 nitrogen and oxygen atoms in total. The summed E-state index contributed by atoms with van der Waals surface area (Å²) in [6.07, 6.45) is 6.50. The van der Waals surface area contributed by atoms with Gasteiger partial charge in [0.05, 0.1) is 0 Å². The molecule has 2 aromatic rings. The van der Waals surface area contributed by atoms with Crippen LogP contribution in [0.2, 0.25) is 0 Å². The van der Waals surface area contributed by atoms with Crippen LogP contribution < -0.4 is 5.32 Å². The Labute approximate surface area is 113 Å². The lowest BCUT2D eigenvalue weighted by atomic mass is 10.0. The average molecular weight is 261 g/mol. The Balaban J connectivity index is 1.79. The van der Waals surface area contributed by atoms with Crippen molar-refractivity contribution in [1.82, 2.24) is 15.3 Å². The highest BCUT2D eigenvalue weighted by Gasteiger charge is 2.08. The zero-order valence-electron chi connectivity index (χ0n) is 11.2. The van der Waals surface area contributed by atoms with Crippen LogP contribution in [0.1, 0.15) is 37.2 Å². The van der Waals surface area contributed by atoms with Crippen LogP contribution >= 0.6 is 0 Å². The number of imidazole rings is 1. The van der Waals surface area contributed by atoms with Crippen LogP contribution in [-0.4, -0.2) is 16.5 Å². The molecule has 1 aromatic carbocycles. The Kier molecular flexibility index (Phi) is 5.10. The Morgan fingerprint density at radius 2 is 2.32 bits per heavy atom. The molecule has 0 saturated carbocycles. The number of hydrogen-bond acceptors (Lipinski definition) is 2. The number of halogens is 1. The number of aryl methyl sites for hydroxylation is 1. The summed E-state index contributed by atoms with van der Waals surface area (Å²) in [6.45, 7) is 3.00. The van der Waals surface area contributed by atoms with Gasteiger partial charge in [0.25, 0.3) is 0 Å². The van der Waals surface area contributed by atoms with Gasteiger partial charge in [0.1, 0.15) is 11.6 Å². The van der Waals surface area contributed by atoms with Gasteiger partial charge in [0.2, 0.25) is 0 Å². The third kappa shape index (κ3) is 4.17. The van der Waals surface area contributed by atoms with E-state index in [-0.39, 0.29) is 11.9 Å². The van der Waals surface area contributed by atoms with E-state index < -0.39 is 0 Å². The summed E-state index contributed by atoms with van der Waals surface area (Å²) >= 11 is 0. The largest absolute Gasteiger partial charge is 0.349 e. The van der Waals surface area contributed by atoms with Crippen molar-refractivity contribution in [3.8, 4) is 0 Å². The second kappa shape index (κ2) is 7.04. The van der Waals surface area contributed by atoms with E-state index in [0.717, 1.165) is 37.2 Å². The van der Waals surface area contributed by atoms with E-state index in [1.54, 1.807) is 18.3 Å². The molecule has 1 atom stereocenters. The fraction of sp³-hybridized carbons (Fsp3) is 0.400. The summed E-state index contributed by atoms with van der Waals surface area (Å²) in [5, 5.41) is 3.47. The highest BCUT2D eigenvalue weighted by atomic mass is 19.1. The summed E-state index contributed by atoms with van der Waals surface area (Å²) in [7, 11) is 0. The topological polar surface area (TPSA) is 40.7 Å². The standard InChI is InChI=1S/C15H20FN3/c1-2-14(12-5-3-6-13(16)11-12)17-8-4-7-15-18-9-10-19-15/h3,5-6,9-11,14,17H,2,4,7-8H2,1H3,(H,18,19). The van der Waals surface area contributed by atoms with E-state index in [1.165, 1.54) is 6.07 Å². The predicted octanol–water partition coefficient (Wildman–Crippen LogP) is 3.22. The van der Waals surface area contributed by atoms with Crippen molar-refractivity contribution in [3.63, 3.8) is 0 Å². The van der Waals surface area contributed by atoms with Gasteiger partial charge in [0, 0.05) is 24.9 Å². The number of nitrogens with zero attached hydrogens (tertiary/aromatic N) is 1. The number of rotatable bonds is 7. The third-order valence-electron chi connectivity index (χ3n) is 3.20. The Hall–Kier alpha value is -1.68. The number of nitrogens with one attached hydrogen (secondary N) is 2. The van der Waals surface area contributed by atoms with Crippen LogP contribution in [-0.2, 0) is 6.42 Å². The summed E-state index contributed by atoms with van der Waals surface area (Å²) in [6, 6.07) is 7.03. The number of benzene rings is 1. The number of aromatic amines is 1. The molecule has 0 fully saturated rings. The van der Waals surface area contributed by atoms with E-state index in [4.69, 9.17) is 0 Å². The molecule has 0 bridgehead atoms. The minimum absolute atomic E-state index is 0.173. The molecule has 0 aliphatic rings. The molecule has 0 amide bonds. The maximum atomic E-state index is 13.2. The molecule has 2 rings (SSSR count). The minimum atomic E-state index is -0.173. The normalized spacial score (nSPS) is 12.5. The second-order valence-electron chi connectivity index (χ2n) is 4.61. The molecule has 19 heavy (non-hydrogen) atoms. The lowest BCUT2D eigenvalue weighted by Gasteiger charge is -2.17. The van der Waals surface area contributed by atoms with Crippen molar-refractivity contribution < 1.29 is 4.39 Å². The third-order valence-corrected chi connectivity index (χ3v) is 3.20. The molecule has 0 spiro atoms. The van der Waals surface area contributed by atoms with Crippen LogP contribution in [0.25, 0.3) is 0 Å². The highest BCUT2D eigenvalue weighted by Crippen LogP contribution is 2.17. The molecule has 0 radical (unpaired) electrons. The quantitative estimate of drug-likeness (QED) is 0.751. The van der Waals surface area contributed by atoms with Crippen molar-refractivity contribution in [2.45, 2.75) is 32.2 Å². The lowest BCUT2D eigenvalue weighted by molar-refractivity contribution is 0.504. The van der Waals surface area contributed by atoms with E-state index in [2.05, 4.69) is 22.2 Å². The van der Waals surface area contributed by atoms with Crippen molar-refractivity contribution in [1.29, 1.82) is 0 Å². The van der Waals surface area contributed by atoms with E-state index in [1.807, 2.05) is 12.3 Å². The first-order chi connectivity index (χ1) is 9.29. The van der Waals surface area contributed by atoms with Gasteiger partial charge in [0.15, 0.2) is 0 Å². The van der Waals surface area contributed by atoms with Gasteiger partial charge in [-0.2, -0.15) is 0 Å². The van der Waals surface area contributed by atoms with E-state index in [9.17, 15) is 4.39 Å². The van der Waals surface area contributed by atoms with Crippen LogP contribution in [0.3, 0.4) is 0 Å². The highest BCUT2D eigenvalue weighted by molar-refractivity contribution is 5.20. The number of hydrogen-bond donors (Lipinski definition) is 2. The first-order valence-corrected chi connectivity index (χ1v) is 6.76. The SMILES string of the molecule is CCC(NCCCc1ncc[nH]1)c1cccc(F)c1. The smallest absolute Gasteiger partial charge is 0.123 e. The molecule has 1 heterocycles. The maximum Gasteiger partial charge on any atom is 0.123 e. The molecular weight excluding hydrogens is 241 g/mol. The monoisotopic (exact) mass is 261 g/mol. The zero-order valence-corrected chi connectivity index (χ0v) is 11.2. The van der Waals surface area contributed by atoms with Crippen LogP contribution in [0.4, 0.5) is 4.39 Å². The van der Waals surface area contributed by atoms with Crippen molar-refractivity contribution in [2.24, 2.45) is 0 Å². The van der Waals surface area contributed by atoms with Crippen molar-refractivity contribution in [3.05, 3.63) is 53.9 Å². The number of H-pyrrole nitrogens is 1. The molecule has 0 aliphatic heterocycles. The molecule has 4 heteroatoms. The van der Waals surface area contributed by atoms with Gasteiger partial charge >= 0.3 is 0 Å². The average Bonchev–Trinajstić information content (AvgIpc) is 2.92. The second-order valence-corrected chi connectivity index (χ2v) is 4.61. The number of aromatic nitrogens is 2. The fourth-order valence-corrected chi connectivity index (χ4v) is 2.19. The van der Waals surface area contributed by atoms with E-state index >= 15 is 0 Å². The summed E-state index contributed by atoms with van der Waals surface area (Å²) in [5.41, 5.74) is 1.01. The lowest BCUT2D eigenvalue weighted by Crippen LogP contribution is -2.22.